The standard InChI is InChI=1S/C25H26F3N5O4/c1-3-36-20-13-22(29)31-32-23(20)15-8-10-33(11-9-15)24(34)18-12-19(35-2)21(14-30-18)37-17-6-4-16(5-7-17)25(26,27)28/h4-7,12-15H,3,8-11H2,1-2H3,(H2,29,31). The average Bonchev–Trinajstić information content (AvgIpc) is 2.89. The molecule has 0 unspecified atom stereocenters. The lowest BCUT2D eigenvalue weighted by atomic mass is 9.92. The van der Waals surface area contributed by atoms with E-state index in [4.69, 9.17) is 19.9 Å². The number of benzene rings is 1. The summed E-state index contributed by atoms with van der Waals surface area (Å²) in [7, 11) is 1.40. The molecule has 0 saturated carbocycles. The van der Waals surface area contributed by atoms with Crippen LogP contribution in [0, 0.1) is 0 Å². The molecular weight excluding hydrogens is 491 g/mol. The largest absolute Gasteiger partial charge is 0.493 e. The Labute approximate surface area is 211 Å². The highest BCUT2D eigenvalue weighted by Gasteiger charge is 2.31. The maximum Gasteiger partial charge on any atom is 0.416 e. The number of aromatic nitrogens is 3. The van der Waals surface area contributed by atoms with Gasteiger partial charge in [-0.15, -0.1) is 10.2 Å². The topological polar surface area (TPSA) is 113 Å². The monoisotopic (exact) mass is 517 g/mol. The molecule has 1 aliphatic rings. The number of hydrogen-bond donors (Lipinski definition) is 1. The summed E-state index contributed by atoms with van der Waals surface area (Å²) in [4.78, 5) is 19.0. The van der Waals surface area contributed by atoms with Crippen LogP contribution in [0.1, 0.15) is 47.4 Å². The Morgan fingerprint density at radius 3 is 2.41 bits per heavy atom. The summed E-state index contributed by atoms with van der Waals surface area (Å²) in [5.74, 6) is 1.26. The molecule has 0 radical (unpaired) electrons. The summed E-state index contributed by atoms with van der Waals surface area (Å²) < 4.78 is 55.0. The van der Waals surface area contributed by atoms with E-state index in [0.717, 1.165) is 17.8 Å². The lowest BCUT2D eigenvalue weighted by molar-refractivity contribution is -0.137. The number of ether oxygens (including phenoxy) is 3. The Morgan fingerprint density at radius 2 is 1.78 bits per heavy atom. The van der Waals surface area contributed by atoms with Crippen LogP contribution in [0.5, 0.6) is 23.0 Å². The molecular formula is C25H26F3N5O4. The maximum atomic E-state index is 13.1. The van der Waals surface area contributed by atoms with Crippen LogP contribution in [-0.2, 0) is 6.18 Å². The number of piperidine rings is 1. The minimum Gasteiger partial charge on any atom is -0.493 e. The number of anilines is 1. The highest BCUT2D eigenvalue weighted by atomic mass is 19.4. The second-order valence-electron chi connectivity index (χ2n) is 8.36. The van der Waals surface area contributed by atoms with E-state index in [0.29, 0.717) is 38.3 Å². The molecule has 12 heteroatoms. The van der Waals surface area contributed by atoms with E-state index in [1.165, 1.54) is 31.5 Å². The number of nitrogens with zero attached hydrogens (tertiary/aromatic N) is 4. The second kappa shape index (κ2) is 10.9. The molecule has 9 nitrogen and oxygen atoms in total. The van der Waals surface area contributed by atoms with E-state index in [-0.39, 0.29) is 40.6 Å². The van der Waals surface area contributed by atoms with Gasteiger partial charge in [0, 0.05) is 31.1 Å². The number of methoxy groups -OCH3 is 1. The number of nitrogens with two attached hydrogens (primary N) is 1. The van der Waals surface area contributed by atoms with Gasteiger partial charge >= 0.3 is 6.18 Å². The molecule has 2 aromatic heterocycles. The van der Waals surface area contributed by atoms with Crippen molar-refractivity contribution in [1.82, 2.24) is 20.1 Å². The summed E-state index contributed by atoms with van der Waals surface area (Å²) in [6.45, 7) is 3.31. The number of rotatable bonds is 7. The van der Waals surface area contributed by atoms with E-state index in [9.17, 15) is 18.0 Å². The number of alkyl halides is 3. The van der Waals surface area contributed by atoms with Crippen LogP contribution in [0.15, 0.2) is 42.6 Å². The van der Waals surface area contributed by atoms with E-state index >= 15 is 0 Å². The molecule has 0 atom stereocenters. The molecule has 37 heavy (non-hydrogen) atoms. The van der Waals surface area contributed by atoms with Gasteiger partial charge in [0.25, 0.3) is 5.91 Å². The van der Waals surface area contributed by atoms with E-state index in [1.807, 2.05) is 6.92 Å². The van der Waals surface area contributed by atoms with E-state index in [2.05, 4.69) is 15.2 Å². The highest BCUT2D eigenvalue weighted by Crippen LogP contribution is 2.36. The van der Waals surface area contributed by atoms with Crippen LogP contribution in [0.2, 0.25) is 0 Å². The molecule has 3 aromatic rings. The molecule has 1 amide bonds. The van der Waals surface area contributed by atoms with Crippen molar-refractivity contribution in [1.29, 1.82) is 0 Å². The molecule has 196 valence electrons. The Hall–Kier alpha value is -4.09. The predicted molar refractivity (Wildman–Crippen MR) is 128 cm³/mol. The van der Waals surface area contributed by atoms with Crippen LogP contribution in [0.4, 0.5) is 19.0 Å². The fourth-order valence-corrected chi connectivity index (χ4v) is 4.09. The molecule has 1 fully saturated rings. The lowest BCUT2D eigenvalue weighted by Gasteiger charge is -2.32. The summed E-state index contributed by atoms with van der Waals surface area (Å²) in [6, 6.07) is 7.36. The number of halogens is 3. The smallest absolute Gasteiger partial charge is 0.416 e. The fourth-order valence-electron chi connectivity index (χ4n) is 4.09. The first-order valence-corrected chi connectivity index (χ1v) is 11.6. The van der Waals surface area contributed by atoms with Crippen LogP contribution < -0.4 is 19.9 Å². The van der Waals surface area contributed by atoms with Gasteiger partial charge < -0.3 is 24.8 Å². The van der Waals surface area contributed by atoms with Crippen molar-refractivity contribution in [3.8, 4) is 23.0 Å². The van der Waals surface area contributed by atoms with Gasteiger partial charge in [-0.05, 0) is 44.0 Å². The zero-order chi connectivity index (χ0) is 26.6. The van der Waals surface area contributed by atoms with Gasteiger partial charge in [-0.3, -0.25) is 4.79 Å². The SMILES string of the molecule is CCOc1cc(N)nnc1C1CCN(C(=O)c2cc(OC)c(Oc3ccc(C(F)(F)F)cc3)cn2)CC1. The summed E-state index contributed by atoms with van der Waals surface area (Å²) >= 11 is 0. The van der Waals surface area contributed by atoms with Crippen molar-refractivity contribution < 1.29 is 32.2 Å². The van der Waals surface area contributed by atoms with Crippen molar-refractivity contribution in [2.75, 3.05) is 32.5 Å². The van der Waals surface area contributed by atoms with Crippen LogP contribution >= 0.6 is 0 Å². The van der Waals surface area contributed by atoms with Gasteiger partial charge in [-0.25, -0.2) is 4.98 Å². The lowest BCUT2D eigenvalue weighted by Crippen LogP contribution is -2.38. The zero-order valence-corrected chi connectivity index (χ0v) is 20.3. The number of nitrogen functional groups attached to an aromatic ring is 1. The Kier molecular flexibility index (Phi) is 7.65. The minimum atomic E-state index is -4.44. The molecule has 3 heterocycles. The van der Waals surface area contributed by atoms with Gasteiger partial charge in [0.1, 0.15) is 28.7 Å². The summed E-state index contributed by atoms with van der Waals surface area (Å²) in [6.07, 6.45) is -1.80. The number of carbonyl (C=O) groups excluding carboxylic acids is 1. The zero-order valence-electron chi connectivity index (χ0n) is 20.3. The number of amides is 1. The average molecular weight is 518 g/mol. The van der Waals surface area contributed by atoms with Crippen LogP contribution in [0.3, 0.4) is 0 Å². The highest BCUT2D eigenvalue weighted by molar-refractivity contribution is 5.93. The quantitative estimate of drug-likeness (QED) is 0.480. The molecule has 0 bridgehead atoms. The molecule has 2 N–H and O–H groups in total. The van der Waals surface area contributed by atoms with Crippen LogP contribution in [0.25, 0.3) is 0 Å². The number of likely N-dealkylation sites (tertiary alicyclic amines) is 1. The van der Waals surface area contributed by atoms with Gasteiger partial charge in [-0.2, -0.15) is 13.2 Å². The Bertz CT molecular complexity index is 1250. The van der Waals surface area contributed by atoms with Crippen molar-refractivity contribution in [3.05, 3.63) is 59.5 Å². The van der Waals surface area contributed by atoms with Crippen molar-refractivity contribution in [2.24, 2.45) is 0 Å². The van der Waals surface area contributed by atoms with Crippen LogP contribution in [-0.4, -0.2) is 52.8 Å². The van der Waals surface area contributed by atoms with Gasteiger partial charge in [0.05, 0.1) is 25.5 Å². The molecule has 4 rings (SSSR count). The fraction of sp³-hybridized carbons (Fsp3) is 0.360. The van der Waals surface area contributed by atoms with E-state index < -0.39 is 11.7 Å². The van der Waals surface area contributed by atoms with E-state index in [1.54, 1.807) is 11.0 Å². The third kappa shape index (κ3) is 6.01. The first kappa shape index (κ1) is 26.0. The predicted octanol–water partition coefficient (Wildman–Crippen LogP) is 4.69. The minimum absolute atomic E-state index is 0.0701. The number of carbonyl (C=O) groups is 1. The number of hydrogen-bond acceptors (Lipinski definition) is 8. The summed E-state index contributed by atoms with van der Waals surface area (Å²) in [5, 5.41) is 8.18. The molecule has 1 saturated heterocycles. The van der Waals surface area contributed by atoms with Crippen molar-refractivity contribution in [2.45, 2.75) is 31.9 Å². The Balaban J connectivity index is 1.42. The Morgan fingerprint density at radius 1 is 1.08 bits per heavy atom. The maximum absolute atomic E-state index is 13.1. The first-order valence-electron chi connectivity index (χ1n) is 11.6. The second-order valence-corrected chi connectivity index (χ2v) is 8.36. The normalized spacial score (nSPS) is 14.4. The van der Waals surface area contributed by atoms with Crippen molar-refractivity contribution >= 4 is 11.7 Å². The molecule has 1 aromatic carbocycles. The molecule has 1 aliphatic heterocycles. The first-order chi connectivity index (χ1) is 17.7. The number of pyridine rings is 1. The molecule has 0 spiro atoms. The van der Waals surface area contributed by atoms with Gasteiger partial charge in [0.15, 0.2) is 11.5 Å². The van der Waals surface area contributed by atoms with Gasteiger partial charge in [-0.1, -0.05) is 0 Å². The van der Waals surface area contributed by atoms with Gasteiger partial charge in [0.2, 0.25) is 0 Å². The summed E-state index contributed by atoms with van der Waals surface area (Å²) in [5.41, 5.74) is 5.85. The third-order valence-corrected chi connectivity index (χ3v) is 5.95. The molecule has 0 aliphatic carbocycles. The third-order valence-electron chi connectivity index (χ3n) is 5.95. The van der Waals surface area contributed by atoms with Crippen molar-refractivity contribution in [3.63, 3.8) is 0 Å².